The number of nitrogens with zero attached hydrogens (tertiary/aromatic N) is 1. The molecule has 0 fully saturated rings. The van der Waals surface area contributed by atoms with Gasteiger partial charge in [0.15, 0.2) is 0 Å². The lowest BCUT2D eigenvalue weighted by atomic mass is 9.93. The summed E-state index contributed by atoms with van der Waals surface area (Å²) in [6, 6.07) is 6.95. The largest absolute Gasteiger partial charge is 0.282 e. The lowest BCUT2D eigenvalue weighted by molar-refractivity contribution is 0.525. The molecular weight excluding hydrogens is 320 g/mol. The molecule has 2 rings (SSSR count). The van der Waals surface area contributed by atoms with Gasteiger partial charge in [-0.05, 0) is 23.6 Å². The maximum atomic E-state index is 12.5. The molecule has 0 radical (unpaired) electrons. The number of hydrogen-bond acceptors (Lipinski definition) is 3. The Morgan fingerprint density at radius 1 is 1.14 bits per heavy atom. The van der Waals surface area contributed by atoms with Crippen molar-refractivity contribution in [2.24, 2.45) is 16.8 Å². The van der Waals surface area contributed by atoms with Crippen LogP contribution in [0.2, 0.25) is 0 Å². The highest BCUT2D eigenvalue weighted by atomic mass is 35.5. The standard InChI is InChI=1S/C16H21ClN2O2S/c1-10(2)13-5-7-14(8-6-13)22(20,21)19-15-9-18-16(17)12(4)11(15)3/h5-12,19H,1-4H3. The van der Waals surface area contributed by atoms with Gasteiger partial charge in [-0.1, -0.05) is 51.4 Å². The van der Waals surface area contributed by atoms with Crippen LogP contribution in [0, 0.1) is 11.8 Å². The van der Waals surface area contributed by atoms with Crippen LogP contribution >= 0.6 is 11.6 Å². The van der Waals surface area contributed by atoms with E-state index in [4.69, 9.17) is 11.6 Å². The molecule has 2 atom stereocenters. The molecule has 1 heterocycles. The first-order valence-electron chi connectivity index (χ1n) is 7.28. The minimum Gasteiger partial charge on any atom is -0.282 e. The number of nitrogens with one attached hydrogen (secondary N) is 1. The first-order valence-corrected chi connectivity index (χ1v) is 9.14. The Hall–Kier alpha value is -1.33. The third kappa shape index (κ3) is 3.52. The van der Waals surface area contributed by atoms with E-state index in [0.29, 0.717) is 16.8 Å². The predicted octanol–water partition coefficient (Wildman–Crippen LogP) is 3.85. The van der Waals surface area contributed by atoms with E-state index in [1.165, 1.54) is 6.20 Å². The van der Waals surface area contributed by atoms with Gasteiger partial charge in [0, 0.05) is 23.7 Å². The number of allylic oxidation sites excluding steroid dienone is 1. The van der Waals surface area contributed by atoms with Crippen molar-refractivity contribution < 1.29 is 8.42 Å². The third-order valence-electron chi connectivity index (χ3n) is 4.05. The molecule has 0 bridgehead atoms. The van der Waals surface area contributed by atoms with Crippen molar-refractivity contribution in [2.45, 2.75) is 38.5 Å². The molecule has 1 aromatic rings. The molecule has 0 aromatic heterocycles. The van der Waals surface area contributed by atoms with Gasteiger partial charge in [0.05, 0.1) is 4.90 Å². The summed E-state index contributed by atoms with van der Waals surface area (Å²) in [6.07, 6.45) is 1.49. The highest BCUT2D eigenvalue weighted by molar-refractivity contribution is 7.89. The van der Waals surface area contributed by atoms with E-state index in [9.17, 15) is 8.42 Å². The Morgan fingerprint density at radius 2 is 1.73 bits per heavy atom. The summed E-state index contributed by atoms with van der Waals surface area (Å²) in [6.45, 7) is 7.99. The summed E-state index contributed by atoms with van der Waals surface area (Å²) < 4.78 is 27.6. The Kier molecular flexibility index (Phi) is 4.97. The second kappa shape index (κ2) is 6.42. The fraction of sp³-hybridized carbons (Fsp3) is 0.438. The molecule has 22 heavy (non-hydrogen) atoms. The van der Waals surface area contributed by atoms with Crippen molar-refractivity contribution in [1.82, 2.24) is 4.72 Å². The van der Waals surface area contributed by atoms with E-state index in [-0.39, 0.29) is 16.7 Å². The molecule has 4 nitrogen and oxygen atoms in total. The zero-order valence-corrected chi connectivity index (χ0v) is 14.7. The highest BCUT2D eigenvalue weighted by Crippen LogP contribution is 2.27. The lowest BCUT2D eigenvalue weighted by Crippen LogP contribution is -2.32. The molecule has 1 aliphatic rings. The van der Waals surface area contributed by atoms with Crippen molar-refractivity contribution in [2.75, 3.05) is 0 Å². The summed E-state index contributed by atoms with van der Waals surface area (Å²) in [5, 5.41) is 0.497. The maximum Gasteiger partial charge on any atom is 0.261 e. The fourth-order valence-corrected chi connectivity index (χ4v) is 3.61. The van der Waals surface area contributed by atoms with Gasteiger partial charge in [0.2, 0.25) is 0 Å². The first kappa shape index (κ1) is 17.0. The second-order valence-corrected chi connectivity index (χ2v) is 8.01. The summed E-state index contributed by atoms with van der Waals surface area (Å²) >= 11 is 5.99. The second-order valence-electron chi connectivity index (χ2n) is 5.94. The third-order valence-corrected chi connectivity index (χ3v) is 5.89. The van der Waals surface area contributed by atoms with Crippen molar-refractivity contribution in [3.63, 3.8) is 0 Å². The molecule has 1 aromatic carbocycles. The van der Waals surface area contributed by atoms with E-state index < -0.39 is 10.0 Å². The van der Waals surface area contributed by atoms with E-state index in [1.54, 1.807) is 12.1 Å². The van der Waals surface area contributed by atoms with Crippen LogP contribution in [0.3, 0.4) is 0 Å². The fourth-order valence-electron chi connectivity index (χ4n) is 2.21. The van der Waals surface area contributed by atoms with Gasteiger partial charge in [0.1, 0.15) is 5.17 Å². The smallest absolute Gasteiger partial charge is 0.261 e. The Morgan fingerprint density at radius 3 is 2.27 bits per heavy atom. The monoisotopic (exact) mass is 340 g/mol. The van der Waals surface area contributed by atoms with Crippen molar-refractivity contribution in [1.29, 1.82) is 0 Å². The number of rotatable bonds is 4. The van der Waals surface area contributed by atoms with E-state index in [0.717, 1.165) is 5.56 Å². The average Bonchev–Trinajstić information content (AvgIpc) is 2.48. The van der Waals surface area contributed by atoms with Crippen LogP contribution in [0.1, 0.15) is 39.2 Å². The van der Waals surface area contributed by atoms with Crippen LogP contribution in [0.15, 0.2) is 46.1 Å². The topological polar surface area (TPSA) is 58.5 Å². The molecule has 1 aliphatic heterocycles. The van der Waals surface area contributed by atoms with Gasteiger partial charge < -0.3 is 0 Å². The number of aliphatic imine (C=N–C) groups is 1. The lowest BCUT2D eigenvalue weighted by Gasteiger charge is -2.25. The van der Waals surface area contributed by atoms with E-state index >= 15 is 0 Å². The Labute approximate surface area is 137 Å². The normalized spacial score (nSPS) is 22.3. The minimum atomic E-state index is -3.61. The quantitative estimate of drug-likeness (QED) is 0.904. The molecule has 0 amide bonds. The molecule has 2 unspecified atom stereocenters. The van der Waals surface area contributed by atoms with E-state index in [1.807, 2.05) is 26.0 Å². The first-order chi connectivity index (χ1) is 10.2. The summed E-state index contributed by atoms with van der Waals surface area (Å²) in [4.78, 5) is 4.30. The summed E-state index contributed by atoms with van der Waals surface area (Å²) in [5.41, 5.74) is 1.67. The van der Waals surface area contributed by atoms with E-state index in [2.05, 4.69) is 23.6 Å². The van der Waals surface area contributed by atoms with Crippen LogP contribution in [-0.2, 0) is 10.0 Å². The Balaban J connectivity index is 2.25. The van der Waals surface area contributed by atoms with Crippen LogP contribution in [0.4, 0.5) is 0 Å². The molecular formula is C16H21ClN2O2S. The van der Waals surface area contributed by atoms with Gasteiger partial charge in [-0.2, -0.15) is 0 Å². The van der Waals surface area contributed by atoms with Crippen LogP contribution in [0.5, 0.6) is 0 Å². The number of hydrogen-bond donors (Lipinski definition) is 1. The number of halogens is 1. The Bertz CT molecular complexity index is 706. The maximum absolute atomic E-state index is 12.5. The summed E-state index contributed by atoms with van der Waals surface area (Å²) in [7, 11) is -3.61. The molecule has 120 valence electrons. The van der Waals surface area contributed by atoms with Crippen LogP contribution < -0.4 is 4.72 Å². The minimum absolute atomic E-state index is 0.00677. The number of sulfonamides is 1. The molecule has 6 heteroatoms. The average molecular weight is 341 g/mol. The zero-order chi connectivity index (χ0) is 16.5. The van der Waals surface area contributed by atoms with Gasteiger partial charge in [-0.25, -0.2) is 13.4 Å². The molecule has 0 aliphatic carbocycles. The van der Waals surface area contributed by atoms with Gasteiger partial charge in [-0.15, -0.1) is 0 Å². The van der Waals surface area contributed by atoms with Crippen molar-refractivity contribution >= 4 is 26.8 Å². The van der Waals surface area contributed by atoms with Crippen LogP contribution in [0.25, 0.3) is 0 Å². The van der Waals surface area contributed by atoms with Gasteiger partial charge in [0.25, 0.3) is 10.0 Å². The van der Waals surface area contributed by atoms with Crippen molar-refractivity contribution in [3.05, 3.63) is 41.7 Å². The molecule has 0 spiro atoms. The molecule has 0 saturated carbocycles. The molecule has 0 saturated heterocycles. The van der Waals surface area contributed by atoms with Gasteiger partial charge in [-0.3, -0.25) is 4.72 Å². The predicted molar refractivity (Wildman–Crippen MR) is 90.6 cm³/mol. The number of benzene rings is 1. The SMILES string of the molecule is CC(C)c1ccc(S(=O)(=O)NC2=CN=C(Cl)C(C)C2C)cc1. The highest BCUT2D eigenvalue weighted by Gasteiger charge is 2.27. The summed E-state index contributed by atoms with van der Waals surface area (Å²) in [5.74, 6) is 0.325. The molecule has 1 N–H and O–H groups in total. The zero-order valence-electron chi connectivity index (χ0n) is 13.2. The van der Waals surface area contributed by atoms with Crippen molar-refractivity contribution in [3.8, 4) is 0 Å². The van der Waals surface area contributed by atoms with Gasteiger partial charge >= 0.3 is 0 Å². The van der Waals surface area contributed by atoms with Crippen LogP contribution in [-0.4, -0.2) is 13.6 Å².